The fourth-order valence-corrected chi connectivity index (χ4v) is 17.8. The Balaban J connectivity index is 1.05. The van der Waals surface area contributed by atoms with Crippen molar-refractivity contribution in [3.63, 3.8) is 0 Å². The van der Waals surface area contributed by atoms with Crippen molar-refractivity contribution in [1.82, 2.24) is 0 Å². The van der Waals surface area contributed by atoms with E-state index in [-0.39, 0.29) is 10.8 Å². The summed E-state index contributed by atoms with van der Waals surface area (Å²) in [6, 6.07) is 80.6. The van der Waals surface area contributed by atoms with Gasteiger partial charge in [0, 0.05) is 37.2 Å². The molecule has 2 aliphatic rings. The molecule has 65 heavy (non-hydrogen) atoms. The smallest absolute Gasteiger partial charge is 0.180 e. The SMILES string of the molecule is CC1(C)CCC(C)(C)c2cc(-c3cccc(N(c4cccc(-c5cccc6c5-c5ccccc5[Si]6(c5ccccc5)c5ccccc5)c4)c4ccc5c(c4)sc4ccccc45)c3)ccc21. The van der Waals surface area contributed by atoms with E-state index in [1.165, 1.54) is 98.3 Å². The molecule has 1 nitrogen and oxygen atoms in total. The third kappa shape index (κ3) is 6.31. The summed E-state index contributed by atoms with van der Waals surface area (Å²) >= 11 is 1.88. The molecule has 0 atom stereocenters. The van der Waals surface area contributed by atoms with Crippen LogP contribution in [0.25, 0.3) is 53.6 Å². The van der Waals surface area contributed by atoms with Crippen molar-refractivity contribution in [2.75, 3.05) is 4.90 Å². The Bertz CT molecular complexity index is 3410. The first-order valence-electron chi connectivity index (χ1n) is 23.1. The number of fused-ring (bicyclic) bond motifs is 7. The Kier molecular flexibility index (Phi) is 9.28. The van der Waals surface area contributed by atoms with E-state index < -0.39 is 8.07 Å². The Labute approximate surface area is 388 Å². The van der Waals surface area contributed by atoms with E-state index in [1.54, 1.807) is 0 Å². The first-order valence-corrected chi connectivity index (χ1v) is 25.9. The summed E-state index contributed by atoms with van der Waals surface area (Å²) in [5, 5.41) is 8.36. The van der Waals surface area contributed by atoms with Crippen LogP contribution < -0.4 is 25.6 Å². The molecule has 0 amide bonds. The second-order valence-electron chi connectivity index (χ2n) is 19.5. The Hall–Kier alpha value is -6.78. The van der Waals surface area contributed by atoms with Gasteiger partial charge < -0.3 is 4.90 Å². The lowest BCUT2D eigenvalue weighted by atomic mass is 9.63. The molecule has 2 heterocycles. The van der Waals surface area contributed by atoms with Gasteiger partial charge in [-0.1, -0.05) is 198 Å². The van der Waals surface area contributed by atoms with E-state index in [4.69, 9.17) is 0 Å². The maximum Gasteiger partial charge on any atom is 0.180 e. The van der Waals surface area contributed by atoms with E-state index in [9.17, 15) is 0 Å². The van der Waals surface area contributed by atoms with Crippen molar-refractivity contribution in [1.29, 1.82) is 0 Å². The molecule has 9 aromatic carbocycles. The van der Waals surface area contributed by atoms with Crippen LogP contribution in [0.5, 0.6) is 0 Å². The normalized spacial score (nSPS) is 15.3. The van der Waals surface area contributed by atoms with Gasteiger partial charge in [-0.2, -0.15) is 0 Å². The molecule has 0 saturated carbocycles. The fraction of sp³-hybridized carbons (Fsp3) is 0.129. The van der Waals surface area contributed by atoms with Gasteiger partial charge >= 0.3 is 0 Å². The van der Waals surface area contributed by atoms with Crippen LogP contribution in [0.4, 0.5) is 17.1 Å². The van der Waals surface area contributed by atoms with Crippen molar-refractivity contribution >= 4 is 77.4 Å². The third-order valence-electron chi connectivity index (χ3n) is 14.8. The van der Waals surface area contributed by atoms with Crippen molar-refractivity contribution in [3.8, 4) is 33.4 Å². The van der Waals surface area contributed by atoms with Crippen LogP contribution in [-0.4, -0.2) is 8.07 Å². The average Bonchev–Trinajstić information content (AvgIpc) is 3.87. The van der Waals surface area contributed by atoms with Crippen LogP contribution in [0, 0.1) is 0 Å². The second-order valence-corrected chi connectivity index (χ2v) is 24.3. The molecular weight excluding hydrogens is 819 g/mol. The number of hydrogen-bond donors (Lipinski definition) is 0. The minimum absolute atomic E-state index is 0.132. The van der Waals surface area contributed by atoms with Crippen molar-refractivity contribution in [2.24, 2.45) is 0 Å². The summed E-state index contributed by atoms with van der Waals surface area (Å²) in [5.41, 5.74) is 14.4. The standard InChI is InChI=1S/C62H51NSSi/c1-61(2)36-37-62(3,4)55-40-43(32-35-54(55)61)42-18-15-20-45(38-42)63(47-33-34-52-51-26-11-13-29-56(51)64-57(52)41-47)46-21-16-19-44(39-46)50-28-17-31-59-60(50)53-27-12-14-30-58(53)65(59,48-22-7-5-8-23-48)49-24-9-6-10-25-49/h5-35,38-41H,36-37H2,1-4H3. The number of anilines is 3. The van der Waals surface area contributed by atoms with Gasteiger partial charge in [-0.05, 0) is 131 Å². The van der Waals surface area contributed by atoms with Crippen LogP contribution in [0.2, 0.25) is 0 Å². The number of rotatable bonds is 7. The first kappa shape index (κ1) is 39.8. The molecule has 0 spiro atoms. The topological polar surface area (TPSA) is 3.24 Å². The summed E-state index contributed by atoms with van der Waals surface area (Å²) < 4.78 is 2.61. The molecule has 1 aromatic heterocycles. The highest BCUT2D eigenvalue weighted by molar-refractivity contribution is 7.26. The molecule has 314 valence electrons. The molecule has 3 heteroatoms. The van der Waals surface area contributed by atoms with Gasteiger partial charge in [0.05, 0.1) is 0 Å². The lowest BCUT2D eigenvalue weighted by molar-refractivity contribution is 0.332. The van der Waals surface area contributed by atoms with Gasteiger partial charge in [-0.25, -0.2) is 0 Å². The number of nitrogens with zero attached hydrogens (tertiary/aromatic N) is 1. The Morgan fingerprint density at radius 2 is 0.954 bits per heavy atom. The van der Waals surface area contributed by atoms with Gasteiger partial charge in [0.15, 0.2) is 8.07 Å². The highest BCUT2D eigenvalue weighted by atomic mass is 32.1. The highest BCUT2D eigenvalue weighted by Crippen LogP contribution is 2.48. The minimum atomic E-state index is -2.65. The largest absolute Gasteiger partial charge is 0.310 e. The third-order valence-corrected chi connectivity index (χ3v) is 20.8. The molecule has 0 saturated heterocycles. The molecule has 12 rings (SSSR count). The zero-order valence-corrected chi connectivity index (χ0v) is 39.3. The number of benzene rings is 9. The fourth-order valence-electron chi connectivity index (χ4n) is 11.4. The molecule has 1 aliphatic carbocycles. The summed E-state index contributed by atoms with van der Waals surface area (Å²) in [6.45, 7) is 9.67. The molecule has 0 unspecified atom stereocenters. The van der Waals surface area contributed by atoms with Crippen LogP contribution >= 0.6 is 11.3 Å². The average molecular weight is 870 g/mol. The summed E-state index contributed by atoms with van der Waals surface area (Å²) in [6.07, 6.45) is 2.40. The first-order chi connectivity index (χ1) is 31.7. The van der Waals surface area contributed by atoms with Crippen molar-refractivity contribution in [3.05, 3.63) is 223 Å². The van der Waals surface area contributed by atoms with Crippen molar-refractivity contribution in [2.45, 2.75) is 51.4 Å². The Morgan fingerprint density at radius 1 is 0.400 bits per heavy atom. The lowest BCUT2D eigenvalue weighted by Crippen LogP contribution is -2.72. The molecule has 0 bridgehead atoms. The van der Waals surface area contributed by atoms with Crippen molar-refractivity contribution < 1.29 is 0 Å². The van der Waals surface area contributed by atoms with Gasteiger partial charge in [-0.15, -0.1) is 11.3 Å². The number of hydrogen-bond acceptors (Lipinski definition) is 2. The molecule has 10 aromatic rings. The molecule has 0 fully saturated rings. The van der Waals surface area contributed by atoms with E-state index in [1.807, 2.05) is 11.3 Å². The van der Waals surface area contributed by atoms with E-state index >= 15 is 0 Å². The monoisotopic (exact) mass is 869 g/mol. The maximum absolute atomic E-state index is 2.65. The highest BCUT2D eigenvalue weighted by Gasteiger charge is 2.49. The second kappa shape index (κ2) is 15.2. The predicted molar refractivity (Wildman–Crippen MR) is 283 cm³/mol. The molecular formula is C62H51NSSi. The summed E-state index contributed by atoms with van der Waals surface area (Å²) in [7, 11) is -2.65. The quantitative estimate of drug-likeness (QED) is 0.144. The molecule has 1 aliphatic heterocycles. The van der Waals surface area contributed by atoms with Gasteiger partial charge in [0.25, 0.3) is 0 Å². The van der Waals surface area contributed by atoms with E-state index in [0.29, 0.717) is 0 Å². The summed E-state index contributed by atoms with van der Waals surface area (Å²) in [5.74, 6) is 0. The van der Waals surface area contributed by atoms with Crippen LogP contribution in [0.1, 0.15) is 51.7 Å². The van der Waals surface area contributed by atoms with Crippen LogP contribution in [0.3, 0.4) is 0 Å². The minimum Gasteiger partial charge on any atom is -0.310 e. The zero-order valence-electron chi connectivity index (χ0n) is 37.5. The Morgan fingerprint density at radius 3 is 1.71 bits per heavy atom. The zero-order chi connectivity index (χ0) is 43.9. The van der Waals surface area contributed by atoms with Gasteiger partial charge in [0.1, 0.15) is 0 Å². The maximum atomic E-state index is 2.49. The van der Waals surface area contributed by atoms with Crippen LogP contribution in [0.15, 0.2) is 212 Å². The number of thiophene rings is 1. The van der Waals surface area contributed by atoms with E-state index in [2.05, 4.69) is 245 Å². The van der Waals surface area contributed by atoms with E-state index in [0.717, 1.165) is 17.1 Å². The lowest BCUT2D eigenvalue weighted by Gasteiger charge is -2.42. The predicted octanol–water partition coefficient (Wildman–Crippen LogP) is 14.6. The molecule has 0 N–H and O–H groups in total. The van der Waals surface area contributed by atoms with Gasteiger partial charge in [0.2, 0.25) is 0 Å². The van der Waals surface area contributed by atoms with Crippen LogP contribution in [-0.2, 0) is 10.8 Å². The van der Waals surface area contributed by atoms with Gasteiger partial charge in [-0.3, -0.25) is 0 Å². The summed E-state index contributed by atoms with van der Waals surface area (Å²) in [4.78, 5) is 2.48. The molecule has 0 radical (unpaired) electrons.